The molecule has 21 heavy (non-hydrogen) atoms. The summed E-state index contributed by atoms with van der Waals surface area (Å²) in [6.07, 6.45) is 1.46. The number of carbonyl (C=O) groups excluding carboxylic acids is 1. The molecule has 2 atom stereocenters. The molecule has 1 amide bonds. The zero-order chi connectivity index (χ0) is 15.6. The highest BCUT2D eigenvalue weighted by Crippen LogP contribution is 2.25. The number of nitrogens with zero attached hydrogens (tertiary/aromatic N) is 4. The van der Waals surface area contributed by atoms with Crippen LogP contribution in [0, 0.1) is 0 Å². The standard InChI is InChI=1S/C14H24N6O/c1-5-10-7-12(18-14(17-10)19(3)4)20-8-9(15)6-11(20)13(21)16-2/h7,9,11H,5-6,8,15H2,1-4H3,(H,16,21)/t9-,11+/m1/s1. The Bertz CT molecular complexity index is 518. The van der Waals surface area contributed by atoms with Crippen LogP contribution in [0.15, 0.2) is 6.07 Å². The van der Waals surface area contributed by atoms with Crippen LogP contribution in [0.3, 0.4) is 0 Å². The summed E-state index contributed by atoms with van der Waals surface area (Å²) in [5, 5.41) is 2.70. The number of hydrogen-bond donors (Lipinski definition) is 2. The summed E-state index contributed by atoms with van der Waals surface area (Å²) in [6.45, 7) is 2.68. The average Bonchev–Trinajstić information content (AvgIpc) is 2.87. The molecule has 2 heterocycles. The molecular weight excluding hydrogens is 268 g/mol. The van der Waals surface area contributed by atoms with Gasteiger partial charge in [0.25, 0.3) is 0 Å². The molecule has 1 aromatic rings. The Morgan fingerprint density at radius 2 is 2.24 bits per heavy atom. The monoisotopic (exact) mass is 292 g/mol. The maximum atomic E-state index is 12.1. The number of amides is 1. The SMILES string of the molecule is CCc1cc(N2C[C@H](N)C[C@H]2C(=O)NC)nc(N(C)C)n1. The first-order chi connectivity index (χ1) is 9.96. The van der Waals surface area contributed by atoms with Crippen molar-refractivity contribution in [2.45, 2.75) is 31.8 Å². The first-order valence-electron chi connectivity index (χ1n) is 7.25. The Balaban J connectivity index is 2.39. The Morgan fingerprint density at radius 3 is 2.81 bits per heavy atom. The summed E-state index contributed by atoms with van der Waals surface area (Å²) < 4.78 is 0. The van der Waals surface area contributed by atoms with Crippen molar-refractivity contribution in [1.29, 1.82) is 0 Å². The molecule has 0 aliphatic carbocycles. The van der Waals surface area contributed by atoms with E-state index in [1.54, 1.807) is 7.05 Å². The summed E-state index contributed by atoms with van der Waals surface area (Å²) in [6, 6.07) is 1.66. The number of nitrogens with two attached hydrogens (primary N) is 1. The van der Waals surface area contributed by atoms with E-state index in [0.717, 1.165) is 17.9 Å². The van der Waals surface area contributed by atoms with Crippen molar-refractivity contribution in [1.82, 2.24) is 15.3 Å². The van der Waals surface area contributed by atoms with Crippen LogP contribution in [0.5, 0.6) is 0 Å². The second-order valence-corrected chi connectivity index (χ2v) is 5.54. The molecule has 116 valence electrons. The van der Waals surface area contributed by atoms with Crippen LogP contribution in [0.1, 0.15) is 19.0 Å². The van der Waals surface area contributed by atoms with E-state index in [4.69, 9.17) is 5.73 Å². The smallest absolute Gasteiger partial charge is 0.242 e. The molecule has 0 radical (unpaired) electrons. The molecule has 1 fully saturated rings. The number of likely N-dealkylation sites (N-methyl/N-ethyl adjacent to an activating group) is 1. The lowest BCUT2D eigenvalue weighted by molar-refractivity contribution is -0.121. The second kappa shape index (κ2) is 6.26. The van der Waals surface area contributed by atoms with Gasteiger partial charge >= 0.3 is 0 Å². The molecule has 1 aliphatic rings. The molecule has 3 N–H and O–H groups in total. The summed E-state index contributed by atoms with van der Waals surface area (Å²) >= 11 is 0. The Hall–Kier alpha value is -1.89. The van der Waals surface area contributed by atoms with E-state index in [1.165, 1.54) is 0 Å². The van der Waals surface area contributed by atoms with Gasteiger partial charge < -0.3 is 20.9 Å². The molecular formula is C14H24N6O. The van der Waals surface area contributed by atoms with Crippen LogP contribution in [-0.4, -0.2) is 55.6 Å². The van der Waals surface area contributed by atoms with Gasteiger partial charge in [-0.2, -0.15) is 4.98 Å². The normalized spacial score (nSPS) is 21.5. The van der Waals surface area contributed by atoms with E-state index in [1.807, 2.05) is 30.0 Å². The molecule has 1 aromatic heterocycles. The van der Waals surface area contributed by atoms with Crippen molar-refractivity contribution < 1.29 is 4.79 Å². The second-order valence-electron chi connectivity index (χ2n) is 5.54. The van der Waals surface area contributed by atoms with Gasteiger partial charge in [0.15, 0.2) is 0 Å². The van der Waals surface area contributed by atoms with Crippen LogP contribution in [0.25, 0.3) is 0 Å². The zero-order valence-electron chi connectivity index (χ0n) is 13.1. The fourth-order valence-electron chi connectivity index (χ4n) is 2.53. The van der Waals surface area contributed by atoms with Crippen molar-refractivity contribution in [3.05, 3.63) is 11.8 Å². The minimum absolute atomic E-state index is 0.0184. The Labute approximate surface area is 125 Å². The van der Waals surface area contributed by atoms with Crippen LogP contribution >= 0.6 is 0 Å². The third-order valence-corrected chi connectivity index (χ3v) is 3.69. The summed E-state index contributed by atoms with van der Waals surface area (Å²) in [4.78, 5) is 25.0. The maximum Gasteiger partial charge on any atom is 0.242 e. The van der Waals surface area contributed by atoms with Gasteiger partial charge in [-0.25, -0.2) is 4.98 Å². The van der Waals surface area contributed by atoms with E-state index in [9.17, 15) is 4.79 Å². The maximum absolute atomic E-state index is 12.1. The van der Waals surface area contributed by atoms with Crippen molar-refractivity contribution >= 4 is 17.7 Å². The third kappa shape index (κ3) is 3.24. The number of nitrogens with one attached hydrogen (secondary N) is 1. The molecule has 0 bridgehead atoms. The molecule has 2 rings (SSSR count). The minimum Gasteiger partial charge on any atom is -0.357 e. The molecule has 0 aromatic carbocycles. The number of hydrogen-bond acceptors (Lipinski definition) is 6. The molecule has 7 heteroatoms. The molecule has 1 saturated heterocycles. The number of aromatic nitrogens is 2. The van der Waals surface area contributed by atoms with Gasteiger partial charge in [-0.1, -0.05) is 6.92 Å². The number of aryl methyl sites for hydroxylation is 1. The fraction of sp³-hybridized carbons (Fsp3) is 0.643. The lowest BCUT2D eigenvalue weighted by Gasteiger charge is -2.25. The fourth-order valence-corrected chi connectivity index (χ4v) is 2.53. The molecule has 0 spiro atoms. The van der Waals surface area contributed by atoms with Gasteiger partial charge in [0.2, 0.25) is 11.9 Å². The van der Waals surface area contributed by atoms with Crippen molar-refractivity contribution in [3.8, 4) is 0 Å². The van der Waals surface area contributed by atoms with Crippen LogP contribution in [0.2, 0.25) is 0 Å². The average molecular weight is 292 g/mol. The van der Waals surface area contributed by atoms with Crippen molar-refractivity contribution in [2.75, 3.05) is 37.5 Å². The van der Waals surface area contributed by atoms with Crippen molar-refractivity contribution in [2.24, 2.45) is 5.73 Å². The number of carbonyl (C=O) groups is 1. The minimum atomic E-state index is -0.264. The van der Waals surface area contributed by atoms with Crippen LogP contribution in [-0.2, 0) is 11.2 Å². The van der Waals surface area contributed by atoms with Gasteiger partial charge in [0.05, 0.1) is 0 Å². The van der Waals surface area contributed by atoms with E-state index < -0.39 is 0 Å². The van der Waals surface area contributed by atoms with Gasteiger partial charge in [-0.3, -0.25) is 4.79 Å². The van der Waals surface area contributed by atoms with Crippen LogP contribution < -0.4 is 20.9 Å². The summed E-state index contributed by atoms with van der Waals surface area (Å²) in [7, 11) is 5.46. The quantitative estimate of drug-likeness (QED) is 0.796. The highest BCUT2D eigenvalue weighted by atomic mass is 16.2. The van der Waals surface area contributed by atoms with Crippen LogP contribution in [0.4, 0.5) is 11.8 Å². The van der Waals surface area contributed by atoms with E-state index in [0.29, 0.717) is 18.9 Å². The Kier molecular flexibility index (Phi) is 4.62. The summed E-state index contributed by atoms with van der Waals surface area (Å²) in [5.74, 6) is 1.40. The van der Waals surface area contributed by atoms with Gasteiger partial charge in [0.1, 0.15) is 11.9 Å². The topological polar surface area (TPSA) is 87.4 Å². The molecule has 0 unspecified atom stereocenters. The van der Waals surface area contributed by atoms with E-state index in [2.05, 4.69) is 22.2 Å². The highest BCUT2D eigenvalue weighted by Gasteiger charge is 2.35. The predicted molar refractivity (Wildman–Crippen MR) is 83.5 cm³/mol. The van der Waals surface area contributed by atoms with Gasteiger partial charge in [-0.15, -0.1) is 0 Å². The van der Waals surface area contributed by atoms with Gasteiger partial charge in [-0.05, 0) is 12.8 Å². The lowest BCUT2D eigenvalue weighted by Crippen LogP contribution is -2.42. The summed E-state index contributed by atoms with van der Waals surface area (Å²) in [5.41, 5.74) is 7.00. The first kappa shape index (κ1) is 15.5. The third-order valence-electron chi connectivity index (χ3n) is 3.69. The van der Waals surface area contributed by atoms with E-state index >= 15 is 0 Å². The largest absolute Gasteiger partial charge is 0.357 e. The predicted octanol–water partition coefficient (Wildman–Crippen LogP) is -0.243. The Morgan fingerprint density at radius 1 is 1.52 bits per heavy atom. The molecule has 0 saturated carbocycles. The van der Waals surface area contributed by atoms with Crippen molar-refractivity contribution in [3.63, 3.8) is 0 Å². The lowest BCUT2D eigenvalue weighted by atomic mass is 10.1. The highest BCUT2D eigenvalue weighted by molar-refractivity contribution is 5.85. The number of rotatable bonds is 4. The zero-order valence-corrected chi connectivity index (χ0v) is 13.1. The molecule has 1 aliphatic heterocycles. The van der Waals surface area contributed by atoms with Gasteiger partial charge in [0, 0.05) is 45.5 Å². The number of anilines is 2. The van der Waals surface area contributed by atoms with E-state index in [-0.39, 0.29) is 18.0 Å². The first-order valence-corrected chi connectivity index (χ1v) is 7.25. The molecule has 7 nitrogen and oxygen atoms in total.